The zero-order valence-electron chi connectivity index (χ0n) is 36.8. The highest BCUT2D eigenvalue weighted by Gasteiger charge is 2.54. The number of hydrogen-bond donors (Lipinski definition) is 8. The van der Waals surface area contributed by atoms with E-state index in [1.165, 1.54) is 109 Å². The molecule has 0 aromatic heterocycles. The van der Waals surface area contributed by atoms with Crippen LogP contribution < -0.4 is 0 Å². The van der Waals surface area contributed by atoms with Crippen molar-refractivity contribution in [2.24, 2.45) is 0 Å². The number of hydrogen-bond acceptors (Lipinski definition) is 14. The van der Waals surface area contributed by atoms with Gasteiger partial charge in [0.2, 0.25) is 0 Å². The van der Waals surface area contributed by atoms with Crippen LogP contribution in [0, 0.1) is 0 Å². The standard InChI is InChI=1S/C42H82O16P2S/c1-2-3-4-5-6-7-8-11-15-18-21-24-27-30-36(44)56-34(32-54-35(43)29-26-23-20-17-14-12-9-10-13-16-19-22-25-28-31-61)33-55-60(52,53)58-42-39(47)37(45)41(38(46)40(42)48)57-59(49,50)51/h34,37-42,45-48,61H,2-33H2,1H3,(H,52,53)(H2,49,50,51)/t34-,37-,38+,39?,40-,41?,42?/m1/s1. The fraction of sp³-hybridized carbons (Fsp3) is 0.952. The van der Waals surface area contributed by atoms with Gasteiger partial charge in [0.1, 0.15) is 43.2 Å². The van der Waals surface area contributed by atoms with E-state index in [0.29, 0.717) is 12.8 Å². The lowest BCUT2D eigenvalue weighted by Gasteiger charge is -2.43. The molecule has 1 aliphatic rings. The third-order valence-corrected chi connectivity index (χ3v) is 12.8. The lowest BCUT2D eigenvalue weighted by molar-refractivity contribution is -0.216. The van der Waals surface area contributed by atoms with Crippen molar-refractivity contribution in [2.75, 3.05) is 19.0 Å². The molecule has 1 rings (SSSR count). The van der Waals surface area contributed by atoms with E-state index >= 15 is 0 Å². The second-order valence-electron chi connectivity index (χ2n) is 16.6. The Morgan fingerprint density at radius 2 is 0.852 bits per heavy atom. The van der Waals surface area contributed by atoms with Crippen molar-refractivity contribution in [1.29, 1.82) is 0 Å². The molecular formula is C42H82O16P2S. The Kier molecular flexibility index (Phi) is 34.1. The molecule has 0 saturated heterocycles. The second-order valence-corrected chi connectivity index (χ2v) is 19.6. The molecule has 0 aromatic rings. The summed E-state index contributed by atoms with van der Waals surface area (Å²) < 4.78 is 49.1. The van der Waals surface area contributed by atoms with Crippen LogP contribution in [0.25, 0.3) is 0 Å². The largest absolute Gasteiger partial charge is 0.472 e. The Labute approximate surface area is 370 Å². The highest BCUT2D eigenvalue weighted by atomic mass is 32.1. The van der Waals surface area contributed by atoms with E-state index in [4.69, 9.17) is 28.3 Å². The van der Waals surface area contributed by atoms with Crippen molar-refractivity contribution < 1.29 is 76.9 Å². The van der Waals surface area contributed by atoms with E-state index in [0.717, 1.165) is 57.1 Å². The smallest absolute Gasteiger partial charge is 0.462 e. The van der Waals surface area contributed by atoms with Gasteiger partial charge in [-0.15, -0.1) is 0 Å². The van der Waals surface area contributed by atoms with E-state index in [9.17, 15) is 44.0 Å². The van der Waals surface area contributed by atoms with Crippen molar-refractivity contribution in [2.45, 2.75) is 236 Å². The van der Waals surface area contributed by atoms with Crippen LogP contribution >= 0.6 is 28.3 Å². The third-order valence-electron chi connectivity index (χ3n) is 11.0. The minimum absolute atomic E-state index is 0.0561. The van der Waals surface area contributed by atoms with Crippen LogP contribution in [0.4, 0.5) is 0 Å². The summed E-state index contributed by atoms with van der Waals surface area (Å²) in [6, 6.07) is 0. The first kappa shape index (κ1) is 58.4. The maximum Gasteiger partial charge on any atom is 0.472 e. The van der Waals surface area contributed by atoms with Crippen LogP contribution in [0.15, 0.2) is 0 Å². The Balaban J connectivity index is 2.56. The number of esters is 2. The topological polar surface area (TPSA) is 256 Å². The number of rotatable bonds is 40. The molecule has 16 nitrogen and oxygen atoms in total. The van der Waals surface area contributed by atoms with Gasteiger partial charge in [-0.1, -0.05) is 161 Å². The Bertz CT molecular complexity index is 1200. The molecule has 0 aliphatic heterocycles. The van der Waals surface area contributed by atoms with Gasteiger partial charge in [-0.3, -0.25) is 23.2 Å². The van der Waals surface area contributed by atoms with Crippen molar-refractivity contribution in [3.05, 3.63) is 0 Å². The van der Waals surface area contributed by atoms with Crippen LogP contribution in [0.3, 0.4) is 0 Å². The van der Waals surface area contributed by atoms with Gasteiger partial charge >= 0.3 is 27.6 Å². The lowest BCUT2D eigenvalue weighted by atomic mass is 9.85. The maximum atomic E-state index is 12.9. The molecular weight excluding hydrogens is 854 g/mol. The second kappa shape index (κ2) is 35.6. The van der Waals surface area contributed by atoms with E-state index in [1.807, 2.05) is 0 Å². The van der Waals surface area contributed by atoms with Gasteiger partial charge < -0.3 is 44.6 Å². The molecule has 362 valence electrons. The van der Waals surface area contributed by atoms with Crippen molar-refractivity contribution in [3.63, 3.8) is 0 Å². The molecule has 1 aliphatic carbocycles. The summed E-state index contributed by atoms with van der Waals surface area (Å²) in [4.78, 5) is 54.0. The molecule has 0 spiro atoms. The number of unbranched alkanes of at least 4 members (excludes halogenated alkanes) is 25. The minimum atomic E-state index is -5.30. The summed E-state index contributed by atoms with van der Waals surface area (Å²) in [6.45, 7) is 0.909. The molecule has 0 radical (unpaired) electrons. The number of aliphatic hydroxyl groups is 4. The first-order valence-electron chi connectivity index (χ1n) is 23.2. The zero-order valence-corrected chi connectivity index (χ0v) is 39.5. The number of aliphatic hydroxyl groups excluding tert-OH is 4. The van der Waals surface area contributed by atoms with Crippen LogP contribution in [-0.2, 0) is 41.8 Å². The van der Waals surface area contributed by atoms with Crippen LogP contribution in [0.5, 0.6) is 0 Å². The van der Waals surface area contributed by atoms with Crippen molar-refractivity contribution in [1.82, 2.24) is 0 Å². The van der Waals surface area contributed by atoms with Gasteiger partial charge in [0.05, 0.1) is 6.61 Å². The quantitative estimate of drug-likeness (QED) is 0.0125. The molecule has 0 amide bonds. The normalized spacial score (nSPS) is 22.2. The Morgan fingerprint density at radius 3 is 1.23 bits per heavy atom. The molecule has 0 heterocycles. The third kappa shape index (κ3) is 30.2. The monoisotopic (exact) mass is 936 g/mol. The van der Waals surface area contributed by atoms with E-state index < -0.39 is 83.5 Å². The first-order chi connectivity index (χ1) is 29.1. The number of phosphoric acid groups is 2. The number of carbonyl (C=O) groups excluding carboxylic acids is 2. The van der Waals surface area contributed by atoms with Crippen molar-refractivity contribution in [3.8, 4) is 0 Å². The predicted octanol–water partition coefficient (Wildman–Crippen LogP) is 8.14. The maximum absolute atomic E-state index is 12.9. The molecule has 61 heavy (non-hydrogen) atoms. The number of carbonyl (C=O) groups is 2. The van der Waals surface area contributed by atoms with Crippen LogP contribution in [0.1, 0.15) is 193 Å². The number of phosphoric ester groups is 2. The Morgan fingerprint density at radius 1 is 0.508 bits per heavy atom. The Hall–Kier alpha value is -0.650. The summed E-state index contributed by atoms with van der Waals surface area (Å²) in [5, 5.41) is 41.4. The summed E-state index contributed by atoms with van der Waals surface area (Å²) in [7, 11) is -10.6. The SMILES string of the molecule is CCCCCCCCCCCCCCCC(=O)O[C@H](COC(=O)CCCCCCCCCCCCCCCCS)COP(=O)(O)OC1C(O)[C@@H](O)C(OP(=O)(O)O)[C@@H](O)[C@H]1O. The van der Waals surface area contributed by atoms with Gasteiger partial charge in [0.15, 0.2) is 6.10 Å². The zero-order chi connectivity index (χ0) is 45.4. The number of thiol groups is 1. The first-order valence-corrected chi connectivity index (χ1v) is 26.9. The molecule has 19 heteroatoms. The van der Waals surface area contributed by atoms with Gasteiger partial charge in [0, 0.05) is 12.8 Å². The van der Waals surface area contributed by atoms with Crippen molar-refractivity contribution >= 4 is 40.2 Å². The molecule has 0 bridgehead atoms. The van der Waals surface area contributed by atoms with E-state index in [1.54, 1.807) is 0 Å². The summed E-state index contributed by atoms with van der Waals surface area (Å²) >= 11 is 4.25. The molecule has 8 atom stereocenters. The summed E-state index contributed by atoms with van der Waals surface area (Å²) in [5.74, 6) is -0.216. The van der Waals surface area contributed by atoms with Gasteiger partial charge in [-0.2, -0.15) is 12.6 Å². The summed E-state index contributed by atoms with van der Waals surface area (Å²) in [6.07, 6.45) is 16.1. The molecule has 1 fully saturated rings. The molecule has 4 unspecified atom stereocenters. The molecule has 0 aromatic carbocycles. The fourth-order valence-electron chi connectivity index (χ4n) is 7.36. The minimum Gasteiger partial charge on any atom is -0.462 e. The highest BCUT2D eigenvalue weighted by Crippen LogP contribution is 2.48. The molecule has 1 saturated carbocycles. The molecule has 7 N–H and O–H groups in total. The average molecular weight is 937 g/mol. The summed E-state index contributed by atoms with van der Waals surface area (Å²) in [5.41, 5.74) is 0. The predicted molar refractivity (Wildman–Crippen MR) is 236 cm³/mol. The fourth-order valence-corrected chi connectivity index (χ4v) is 9.12. The van der Waals surface area contributed by atoms with Crippen LogP contribution in [-0.4, -0.2) is 109 Å². The van der Waals surface area contributed by atoms with E-state index in [-0.39, 0.29) is 12.8 Å². The van der Waals surface area contributed by atoms with Gasteiger partial charge in [-0.05, 0) is 25.0 Å². The number of ether oxygens (including phenoxy) is 2. The highest BCUT2D eigenvalue weighted by molar-refractivity contribution is 7.80. The lowest BCUT2D eigenvalue weighted by Crippen LogP contribution is -2.64. The van der Waals surface area contributed by atoms with Gasteiger partial charge in [0.25, 0.3) is 0 Å². The average Bonchev–Trinajstić information content (AvgIpc) is 3.21. The van der Waals surface area contributed by atoms with E-state index in [2.05, 4.69) is 24.1 Å². The van der Waals surface area contributed by atoms with Crippen LogP contribution in [0.2, 0.25) is 0 Å². The van der Waals surface area contributed by atoms with Gasteiger partial charge in [-0.25, -0.2) is 9.13 Å².